The summed E-state index contributed by atoms with van der Waals surface area (Å²) in [4.78, 5) is 22.6. The molecule has 0 radical (unpaired) electrons. The van der Waals surface area contributed by atoms with Crippen LogP contribution in [0.4, 0.5) is 4.79 Å². The van der Waals surface area contributed by atoms with E-state index in [1.807, 2.05) is 0 Å². The predicted octanol–water partition coefficient (Wildman–Crippen LogP) is 2.07. The van der Waals surface area contributed by atoms with Gasteiger partial charge in [0.05, 0.1) is 12.5 Å². The molecule has 1 aromatic heterocycles. The summed E-state index contributed by atoms with van der Waals surface area (Å²) >= 11 is 0. The zero-order valence-electron chi connectivity index (χ0n) is 11.6. The van der Waals surface area contributed by atoms with E-state index in [1.54, 1.807) is 50.7 Å². The Morgan fingerprint density at radius 3 is 2.53 bits per heavy atom. The number of aromatic nitrogens is 1. The molecule has 0 bridgehead atoms. The molecule has 1 heterocycles. The SMILES string of the molecule is Cn1cccc1[C@@H](CC(=O)O)NC(=O)OC(C)(C)C. The van der Waals surface area contributed by atoms with Crippen LogP contribution in [0.1, 0.15) is 38.9 Å². The van der Waals surface area contributed by atoms with Crippen molar-refractivity contribution in [1.82, 2.24) is 9.88 Å². The van der Waals surface area contributed by atoms with Crippen molar-refractivity contribution < 1.29 is 19.4 Å². The normalized spacial score (nSPS) is 12.8. The van der Waals surface area contributed by atoms with Crippen molar-refractivity contribution in [3.8, 4) is 0 Å². The molecule has 2 N–H and O–H groups in total. The van der Waals surface area contributed by atoms with Crippen LogP contribution in [0.5, 0.6) is 0 Å². The fourth-order valence-corrected chi connectivity index (χ4v) is 1.69. The molecule has 0 spiro atoms. The Kier molecular flexibility index (Phi) is 4.58. The van der Waals surface area contributed by atoms with Gasteiger partial charge in [-0.15, -0.1) is 0 Å². The summed E-state index contributed by atoms with van der Waals surface area (Å²) in [5, 5.41) is 11.5. The molecule has 6 heteroatoms. The first-order valence-corrected chi connectivity index (χ1v) is 6.01. The van der Waals surface area contributed by atoms with Crippen LogP contribution in [0.15, 0.2) is 18.3 Å². The average Bonchev–Trinajstić information content (AvgIpc) is 2.59. The fourth-order valence-electron chi connectivity index (χ4n) is 1.69. The van der Waals surface area contributed by atoms with E-state index >= 15 is 0 Å². The topological polar surface area (TPSA) is 80.6 Å². The Labute approximate surface area is 112 Å². The largest absolute Gasteiger partial charge is 0.481 e. The lowest BCUT2D eigenvalue weighted by atomic mass is 10.1. The number of hydrogen-bond donors (Lipinski definition) is 2. The second-order valence-corrected chi connectivity index (χ2v) is 5.34. The number of aliphatic carboxylic acids is 1. The van der Waals surface area contributed by atoms with E-state index < -0.39 is 23.7 Å². The Balaban J connectivity index is 2.79. The number of carboxylic acid groups (broad SMARTS) is 1. The number of hydrogen-bond acceptors (Lipinski definition) is 3. The van der Waals surface area contributed by atoms with Gasteiger partial charge in [0.1, 0.15) is 5.60 Å². The summed E-state index contributed by atoms with van der Waals surface area (Å²) in [5.41, 5.74) is 0.0970. The van der Waals surface area contributed by atoms with E-state index in [4.69, 9.17) is 9.84 Å². The van der Waals surface area contributed by atoms with Crippen molar-refractivity contribution in [2.24, 2.45) is 7.05 Å². The first-order valence-electron chi connectivity index (χ1n) is 6.01. The lowest BCUT2D eigenvalue weighted by molar-refractivity contribution is -0.137. The molecule has 0 aliphatic carbocycles. The highest BCUT2D eigenvalue weighted by atomic mass is 16.6. The molecule has 1 atom stereocenters. The van der Waals surface area contributed by atoms with Crippen molar-refractivity contribution in [3.63, 3.8) is 0 Å². The zero-order chi connectivity index (χ0) is 14.6. The number of nitrogens with one attached hydrogen (secondary N) is 1. The molecule has 19 heavy (non-hydrogen) atoms. The monoisotopic (exact) mass is 268 g/mol. The molecule has 0 aliphatic heterocycles. The molecule has 106 valence electrons. The maximum atomic E-state index is 11.7. The molecule has 0 fully saturated rings. The molecular formula is C13H20N2O4. The van der Waals surface area contributed by atoms with Crippen LogP contribution in [0.2, 0.25) is 0 Å². The van der Waals surface area contributed by atoms with Crippen LogP contribution >= 0.6 is 0 Å². The number of carbonyl (C=O) groups is 2. The van der Waals surface area contributed by atoms with Gasteiger partial charge in [0.25, 0.3) is 0 Å². The molecule has 1 aromatic rings. The van der Waals surface area contributed by atoms with Crippen molar-refractivity contribution in [1.29, 1.82) is 0 Å². The Hall–Kier alpha value is -1.98. The van der Waals surface area contributed by atoms with Gasteiger partial charge in [-0.05, 0) is 32.9 Å². The predicted molar refractivity (Wildman–Crippen MR) is 69.8 cm³/mol. The van der Waals surface area contributed by atoms with Gasteiger partial charge in [0.15, 0.2) is 0 Å². The first kappa shape index (κ1) is 15.1. The minimum absolute atomic E-state index is 0.197. The third kappa shape index (κ3) is 5.03. The molecule has 0 aliphatic rings. The Morgan fingerprint density at radius 1 is 1.47 bits per heavy atom. The van der Waals surface area contributed by atoms with E-state index in [9.17, 15) is 9.59 Å². The van der Waals surface area contributed by atoms with Gasteiger partial charge < -0.3 is 19.7 Å². The molecular weight excluding hydrogens is 248 g/mol. The minimum atomic E-state index is -0.984. The summed E-state index contributed by atoms with van der Waals surface area (Å²) in [6.45, 7) is 5.25. The highest BCUT2D eigenvalue weighted by Gasteiger charge is 2.23. The smallest absolute Gasteiger partial charge is 0.408 e. The van der Waals surface area contributed by atoms with Gasteiger partial charge in [0, 0.05) is 18.9 Å². The number of carboxylic acids is 1. The molecule has 0 saturated heterocycles. The van der Waals surface area contributed by atoms with Crippen molar-refractivity contribution >= 4 is 12.1 Å². The highest BCUT2D eigenvalue weighted by Crippen LogP contribution is 2.18. The van der Waals surface area contributed by atoms with Crippen LogP contribution in [-0.4, -0.2) is 27.3 Å². The minimum Gasteiger partial charge on any atom is -0.481 e. The van der Waals surface area contributed by atoms with E-state index in [-0.39, 0.29) is 6.42 Å². The summed E-state index contributed by atoms with van der Waals surface area (Å²) in [5.74, 6) is -0.984. The van der Waals surface area contributed by atoms with Crippen LogP contribution in [-0.2, 0) is 16.6 Å². The fraction of sp³-hybridized carbons (Fsp3) is 0.538. The van der Waals surface area contributed by atoms with Crippen molar-refractivity contribution in [3.05, 3.63) is 24.0 Å². The maximum absolute atomic E-state index is 11.7. The second kappa shape index (κ2) is 5.77. The average molecular weight is 268 g/mol. The van der Waals surface area contributed by atoms with E-state index in [0.717, 1.165) is 0 Å². The molecule has 1 amide bonds. The summed E-state index contributed by atoms with van der Waals surface area (Å²) < 4.78 is 6.90. The number of amides is 1. The third-order valence-electron chi connectivity index (χ3n) is 2.41. The first-order chi connectivity index (χ1) is 8.69. The number of rotatable bonds is 4. The summed E-state index contributed by atoms with van der Waals surface area (Å²) in [7, 11) is 1.79. The molecule has 0 aromatic carbocycles. The van der Waals surface area contributed by atoms with Crippen LogP contribution in [0.25, 0.3) is 0 Å². The summed E-state index contributed by atoms with van der Waals surface area (Å²) in [6.07, 6.45) is 0.970. The number of carbonyl (C=O) groups excluding carboxylic acids is 1. The van der Waals surface area contributed by atoms with Crippen molar-refractivity contribution in [2.75, 3.05) is 0 Å². The van der Waals surface area contributed by atoms with E-state index in [1.165, 1.54) is 0 Å². The highest BCUT2D eigenvalue weighted by molar-refractivity contribution is 5.72. The van der Waals surface area contributed by atoms with Gasteiger partial charge in [-0.3, -0.25) is 4.79 Å². The van der Waals surface area contributed by atoms with Gasteiger partial charge in [-0.2, -0.15) is 0 Å². The van der Waals surface area contributed by atoms with Gasteiger partial charge in [-0.1, -0.05) is 0 Å². The summed E-state index contributed by atoms with van der Waals surface area (Å²) in [6, 6.07) is 2.94. The van der Waals surface area contributed by atoms with Crippen molar-refractivity contribution in [2.45, 2.75) is 38.8 Å². The van der Waals surface area contributed by atoms with Crippen LogP contribution < -0.4 is 5.32 Å². The maximum Gasteiger partial charge on any atom is 0.408 e. The van der Waals surface area contributed by atoms with Crippen LogP contribution in [0, 0.1) is 0 Å². The third-order valence-corrected chi connectivity index (χ3v) is 2.41. The molecule has 0 saturated carbocycles. The van der Waals surface area contributed by atoms with E-state index in [2.05, 4.69) is 5.32 Å². The molecule has 1 rings (SSSR count). The number of ether oxygens (including phenoxy) is 1. The number of nitrogens with zero attached hydrogens (tertiary/aromatic N) is 1. The number of alkyl carbamates (subject to hydrolysis) is 1. The quantitative estimate of drug-likeness (QED) is 0.876. The van der Waals surface area contributed by atoms with Crippen LogP contribution in [0.3, 0.4) is 0 Å². The Morgan fingerprint density at radius 2 is 2.11 bits per heavy atom. The lowest BCUT2D eigenvalue weighted by Gasteiger charge is -2.23. The Bertz CT molecular complexity index is 459. The lowest BCUT2D eigenvalue weighted by Crippen LogP contribution is -2.36. The van der Waals surface area contributed by atoms with E-state index in [0.29, 0.717) is 5.69 Å². The molecule has 0 unspecified atom stereocenters. The molecule has 6 nitrogen and oxygen atoms in total. The zero-order valence-corrected chi connectivity index (χ0v) is 11.6. The number of aryl methyl sites for hydroxylation is 1. The second-order valence-electron chi connectivity index (χ2n) is 5.34. The van der Waals surface area contributed by atoms with Gasteiger partial charge in [-0.25, -0.2) is 4.79 Å². The van der Waals surface area contributed by atoms with Gasteiger partial charge in [0.2, 0.25) is 0 Å². The van der Waals surface area contributed by atoms with Gasteiger partial charge >= 0.3 is 12.1 Å². The standard InChI is InChI=1S/C13H20N2O4/c1-13(2,3)19-12(18)14-9(8-11(16)17)10-6-5-7-15(10)4/h5-7,9H,8H2,1-4H3,(H,14,18)(H,16,17)/t9-/m1/s1.